The van der Waals surface area contributed by atoms with Gasteiger partial charge in [-0.05, 0) is 48.2 Å². The number of rotatable bonds is 3. The van der Waals surface area contributed by atoms with Gasteiger partial charge in [0.2, 0.25) is 5.91 Å². The smallest absolute Gasteiger partial charge is 0.253 e. The van der Waals surface area contributed by atoms with Gasteiger partial charge in [-0.1, -0.05) is 18.2 Å². The van der Waals surface area contributed by atoms with Crippen molar-refractivity contribution in [3.8, 4) is 11.1 Å². The number of likely N-dealkylation sites (tertiary alicyclic amines) is 1. The molecule has 6 nitrogen and oxygen atoms in total. The lowest BCUT2D eigenvalue weighted by Crippen LogP contribution is -2.44. The summed E-state index contributed by atoms with van der Waals surface area (Å²) in [6.07, 6.45) is 3.22. The lowest BCUT2D eigenvalue weighted by Gasteiger charge is -2.31. The summed E-state index contributed by atoms with van der Waals surface area (Å²) in [5.74, 6) is -0.636. The van der Waals surface area contributed by atoms with Crippen LogP contribution in [0.25, 0.3) is 22.2 Å². The number of benzene rings is 2. The third kappa shape index (κ3) is 3.06. The maximum absolute atomic E-state index is 12.9. The van der Waals surface area contributed by atoms with Gasteiger partial charge in [0.15, 0.2) is 0 Å². The van der Waals surface area contributed by atoms with E-state index >= 15 is 0 Å². The summed E-state index contributed by atoms with van der Waals surface area (Å²) < 4.78 is 0. The molecule has 26 heavy (non-hydrogen) atoms. The molecule has 1 aliphatic heterocycles. The Labute approximate surface area is 151 Å². The molecule has 132 valence electrons. The molecule has 0 unspecified atom stereocenters. The molecule has 0 bridgehead atoms. The molecule has 0 spiro atoms. The first kappa shape index (κ1) is 16.3. The maximum Gasteiger partial charge on any atom is 0.253 e. The largest absolute Gasteiger partial charge is 0.369 e. The Hall–Kier alpha value is -3.15. The van der Waals surface area contributed by atoms with Gasteiger partial charge in [-0.2, -0.15) is 0 Å². The number of piperidine rings is 1. The van der Waals surface area contributed by atoms with Crippen LogP contribution in [0.15, 0.2) is 48.8 Å². The van der Waals surface area contributed by atoms with Crippen LogP contribution in [0.3, 0.4) is 0 Å². The molecule has 2 amide bonds. The fraction of sp³-hybridized carbons (Fsp3) is 0.250. The SMILES string of the molecule is NC(=O)[C@@H]1CCCN(C(=O)c2cccc(-c3ccc4nc[nH]c4c3)c2)C1. The van der Waals surface area contributed by atoms with Crippen LogP contribution in [0, 0.1) is 5.92 Å². The normalized spacial score (nSPS) is 17.4. The van der Waals surface area contributed by atoms with E-state index in [2.05, 4.69) is 9.97 Å². The number of hydrogen-bond acceptors (Lipinski definition) is 3. The van der Waals surface area contributed by atoms with Crippen LogP contribution in [0.1, 0.15) is 23.2 Å². The molecule has 1 atom stereocenters. The van der Waals surface area contributed by atoms with E-state index in [-0.39, 0.29) is 17.7 Å². The number of aromatic nitrogens is 2. The number of nitrogens with zero attached hydrogens (tertiary/aromatic N) is 2. The van der Waals surface area contributed by atoms with Crippen molar-refractivity contribution in [1.82, 2.24) is 14.9 Å². The van der Waals surface area contributed by atoms with Crippen LogP contribution in [0.4, 0.5) is 0 Å². The predicted octanol–water partition coefficient (Wildman–Crippen LogP) is 2.57. The number of imidazole rings is 1. The van der Waals surface area contributed by atoms with Gasteiger partial charge >= 0.3 is 0 Å². The highest BCUT2D eigenvalue weighted by molar-refractivity contribution is 5.96. The lowest BCUT2D eigenvalue weighted by molar-refractivity contribution is -0.123. The van der Waals surface area contributed by atoms with Gasteiger partial charge in [-0.3, -0.25) is 9.59 Å². The van der Waals surface area contributed by atoms with Crippen molar-refractivity contribution in [2.75, 3.05) is 13.1 Å². The van der Waals surface area contributed by atoms with E-state index in [0.717, 1.165) is 35.0 Å². The summed E-state index contributed by atoms with van der Waals surface area (Å²) in [4.78, 5) is 33.4. The molecule has 0 saturated carbocycles. The molecule has 0 aliphatic carbocycles. The van der Waals surface area contributed by atoms with Crippen molar-refractivity contribution >= 4 is 22.8 Å². The van der Waals surface area contributed by atoms with Gasteiger partial charge in [0.25, 0.3) is 5.91 Å². The van der Waals surface area contributed by atoms with Crippen LogP contribution in [-0.2, 0) is 4.79 Å². The van der Waals surface area contributed by atoms with E-state index in [1.54, 1.807) is 11.2 Å². The number of primary amides is 1. The molecule has 1 aromatic heterocycles. The third-order valence-corrected chi connectivity index (χ3v) is 4.97. The lowest BCUT2D eigenvalue weighted by atomic mass is 9.96. The average Bonchev–Trinajstić information content (AvgIpc) is 3.15. The number of H-pyrrole nitrogens is 1. The number of fused-ring (bicyclic) bond motifs is 1. The number of nitrogens with two attached hydrogens (primary N) is 1. The van der Waals surface area contributed by atoms with Crippen LogP contribution in [0.2, 0.25) is 0 Å². The zero-order valence-electron chi connectivity index (χ0n) is 14.3. The summed E-state index contributed by atoms with van der Waals surface area (Å²) in [5.41, 5.74) is 9.90. The number of nitrogens with one attached hydrogen (secondary N) is 1. The average molecular weight is 348 g/mol. The number of carbonyl (C=O) groups excluding carboxylic acids is 2. The quantitative estimate of drug-likeness (QED) is 0.762. The highest BCUT2D eigenvalue weighted by atomic mass is 16.2. The van der Waals surface area contributed by atoms with Crippen LogP contribution in [-0.4, -0.2) is 39.8 Å². The number of hydrogen-bond donors (Lipinski definition) is 2. The van der Waals surface area contributed by atoms with E-state index < -0.39 is 0 Å². The van der Waals surface area contributed by atoms with E-state index in [0.29, 0.717) is 18.7 Å². The second kappa shape index (κ2) is 6.63. The second-order valence-electron chi connectivity index (χ2n) is 6.71. The fourth-order valence-corrected chi connectivity index (χ4v) is 3.52. The summed E-state index contributed by atoms with van der Waals surface area (Å²) in [7, 11) is 0. The summed E-state index contributed by atoms with van der Waals surface area (Å²) in [6, 6.07) is 13.6. The topological polar surface area (TPSA) is 92.1 Å². The van der Waals surface area contributed by atoms with Crippen molar-refractivity contribution in [1.29, 1.82) is 0 Å². The Bertz CT molecular complexity index is 979. The standard InChI is InChI=1S/C20H20N4O2/c21-19(25)16-5-2-8-24(11-16)20(26)15-4-1-3-13(9-15)14-6-7-17-18(10-14)23-12-22-17/h1,3-4,6-7,9-10,12,16H,2,5,8,11H2,(H2,21,25)(H,22,23)/t16-/m1/s1. The van der Waals surface area contributed by atoms with Crippen LogP contribution < -0.4 is 5.73 Å². The summed E-state index contributed by atoms with van der Waals surface area (Å²) in [6.45, 7) is 1.06. The molecule has 0 radical (unpaired) electrons. The van der Waals surface area contributed by atoms with E-state index in [1.165, 1.54) is 0 Å². The molecule has 1 fully saturated rings. The van der Waals surface area contributed by atoms with Gasteiger partial charge in [-0.25, -0.2) is 4.98 Å². The van der Waals surface area contributed by atoms with Crippen molar-refractivity contribution in [3.63, 3.8) is 0 Å². The number of aromatic amines is 1. The first-order valence-electron chi connectivity index (χ1n) is 8.74. The highest BCUT2D eigenvalue weighted by Crippen LogP contribution is 2.25. The minimum absolute atomic E-state index is 0.0552. The summed E-state index contributed by atoms with van der Waals surface area (Å²) >= 11 is 0. The second-order valence-corrected chi connectivity index (χ2v) is 6.71. The zero-order chi connectivity index (χ0) is 18.1. The Morgan fingerprint density at radius 2 is 2.00 bits per heavy atom. The Balaban J connectivity index is 1.60. The molecule has 1 saturated heterocycles. The molecular weight excluding hydrogens is 328 g/mol. The Kier molecular flexibility index (Phi) is 4.16. The van der Waals surface area contributed by atoms with Crippen molar-refractivity contribution in [2.45, 2.75) is 12.8 Å². The molecule has 2 aromatic carbocycles. The molecule has 6 heteroatoms. The Morgan fingerprint density at radius 3 is 2.85 bits per heavy atom. The minimum atomic E-state index is -0.330. The number of amides is 2. The fourth-order valence-electron chi connectivity index (χ4n) is 3.52. The van der Waals surface area contributed by atoms with Gasteiger partial charge in [0.05, 0.1) is 23.3 Å². The molecule has 2 heterocycles. The molecule has 1 aliphatic rings. The predicted molar refractivity (Wildman–Crippen MR) is 99.4 cm³/mol. The Morgan fingerprint density at radius 1 is 1.15 bits per heavy atom. The van der Waals surface area contributed by atoms with Gasteiger partial charge in [0.1, 0.15) is 0 Å². The van der Waals surface area contributed by atoms with Gasteiger partial charge in [-0.15, -0.1) is 0 Å². The number of carbonyl (C=O) groups is 2. The molecule has 4 rings (SSSR count). The third-order valence-electron chi connectivity index (χ3n) is 4.97. The maximum atomic E-state index is 12.9. The summed E-state index contributed by atoms with van der Waals surface area (Å²) in [5, 5.41) is 0. The van der Waals surface area contributed by atoms with E-state index in [4.69, 9.17) is 5.73 Å². The monoisotopic (exact) mass is 348 g/mol. The zero-order valence-corrected chi connectivity index (χ0v) is 14.3. The minimum Gasteiger partial charge on any atom is -0.369 e. The van der Waals surface area contributed by atoms with E-state index in [9.17, 15) is 9.59 Å². The van der Waals surface area contributed by atoms with E-state index in [1.807, 2.05) is 42.5 Å². The van der Waals surface area contributed by atoms with Crippen LogP contribution >= 0.6 is 0 Å². The molecular formula is C20H20N4O2. The molecule has 3 N–H and O–H groups in total. The first-order valence-corrected chi connectivity index (χ1v) is 8.74. The first-order chi connectivity index (χ1) is 12.6. The van der Waals surface area contributed by atoms with Crippen molar-refractivity contribution in [3.05, 3.63) is 54.4 Å². The highest BCUT2D eigenvalue weighted by Gasteiger charge is 2.27. The van der Waals surface area contributed by atoms with Gasteiger partial charge < -0.3 is 15.6 Å². The van der Waals surface area contributed by atoms with Gasteiger partial charge in [0, 0.05) is 18.7 Å². The van der Waals surface area contributed by atoms with Crippen molar-refractivity contribution in [2.24, 2.45) is 11.7 Å². The molecule has 3 aromatic rings. The van der Waals surface area contributed by atoms with Crippen LogP contribution in [0.5, 0.6) is 0 Å². The van der Waals surface area contributed by atoms with Crippen molar-refractivity contribution < 1.29 is 9.59 Å².